The molecule has 0 bridgehead atoms. The second-order valence-corrected chi connectivity index (χ2v) is 5.78. The number of pyridine rings is 1. The lowest BCUT2D eigenvalue weighted by Gasteiger charge is -2.09. The zero-order chi connectivity index (χ0) is 17.1. The Bertz CT molecular complexity index is 975. The number of anilines is 1. The normalized spacial score (nSPS) is 10.8. The Balaban J connectivity index is 1.69. The molecule has 4 heteroatoms. The van der Waals surface area contributed by atoms with Gasteiger partial charge in [0.1, 0.15) is 11.4 Å². The first kappa shape index (κ1) is 15.3. The van der Waals surface area contributed by atoms with Gasteiger partial charge in [0.25, 0.3) is 0 Å². The zero-order valence-electron chi connectivity index (χ0n) is 14.0. The fraction of sp³-hybridized carbons (Fsp3) is 0.0952. The van der Waals surface area contributed by atoms with Crippen molar-refractivity contribution in [2.75, 3.05) is 12.4 Å². The minimum absolute atomic E-state index is 0.682. The molecular weight excluding hydrogens is 310 g/mol. The zero-order valence-corrected chi connectivity index (χ0v) is 14.0. The molecule has 0 unspecified atom stereocenters. The molecule has 2 aromatic heterocycles. The van der Waals surface area contributed by atoms with E-state index in [-0.39, 0.29) is 0 Å². The Morgan fingerprint density at radius 3 is 2.44 bits per heavy atom. The van der Waals surface area contributed by atoms with Crippen molar-refractivity contribution in [3.63, 3.8) is 0 Å². The van der Waals surface area contributed by atoms with Gasteiger partial charge in [-0.15, -0.1) is 0 Å². The maximum atomic E-state index is 5.21. The van der Waals surface area contributed by atoms with E-state index in [1.54, 1.807) is 7.11 Å². The first-order valence-electron chi connectivity index (χ1n) is 8.24. The highest BCUT2D eigenvalue weighted by molar-refractivity contribution is 5.67. The van der Waals surface area contributed by atoms with Gasteiger partial charge in [-0.1, -0.05) is 36.4 Å². The summed E-state index contributed by atoms with van der Waals surface area (Å²) >= 11 is 0. The van der Waals surface area contributed by atoms with Gasteiger partial charge >= 0.3 is 0 Å². The average Bonchev–Trinajstić information content (AvgIpc) is 3.06. The van der Waals surface area contributed by atoms with E-state index in [1.807, 2.05) is 60.7 Å². The quantitative estimate of drug-likeness (QED) is 0.580. The monoisotopic (exact) mass is 329 g/mol. The topological polar surface area (TPSA) is 38.6 Å². The molecule has 0 radical (unpaired) electrons. The van der Waals surface area contributed by atoms with Gasteiger partial charge in [-0.05, 0) is 36.4 Å². The van der Waals surface area contributed by atoms with Crippen molar-refractivity contribution < 1.29 is 4.74 Å². The van der Waals surface area contributed by atoms with E-state index in [1.165, 1.54) is 0 Å². The predicted octanol–water partition coefficient (Wildman–Crippen LogP) is 4.62. The molecular formula is C21H19N3O. The largest absolute Gasteiger partial charge is 0.497 e. The summed E-state index contributed by atoms with van der Waals surface area (Å²) in [7, 11) is 1.67. The maximum absolute atomic E-state index is 5.21. The van der Waals surface area contributed by atoms with Crippen LogP contribution in [0.4, 0.5) is 5.69 Å². The Morgan fingerprint density at radius 1 is 0.920 bits per heavy atom. The molecule has 0 amide bonds. The molecule has 0 atom stereocenters. The number of ether oxygens (including phenoxy) is 1. The highest BCUT2D eigenvalue weighted by atomic mass is 16.5. The van der Waals surface area contributed by atoms with Gasteiger partial charge in [-0.2, -0.15) is 0 Å². The summed E-state index contributed by atoms with van der Waals surface area (Å²) in [6.07, 6.45) is 2.06. The molecule has 0 fully saturated rings. The predicted molar refractivity (Wildman–Crippen MR) is 101 cm³/mol. The molecule has 1 N–H and O–H groups in total. The van der Waals surface area contributed by atoms with E-state index < -0.39 is 0 Å². The van der Waals surface area contributed by atoms with Crippen molar-refractivity contribution in [3.8, 4) is 17.0 Å². The van der Waals surface area contributed by atoms with Gasteiger partial charge in [-0.3, -0.25) is 0 Å². The number of nitrogens with zero attached hydrogens (tertiary/aromatic N) is 2. The summed E-state index contributed by atoms with van der Waals surface area (Å²) in [6.45, 7) is 0.682. The third-order valence-electron chi connectivity index (χ3n) is 4.23. The van der Waals surface area contributed by atoms with E-state index in [4.69, 9.17) is 9.72 Å². The van der Waals surface area contributed by atoms with Crippen LogP contribution in [0.5, 0.6) is 5.75 Å². The summed E-state index contributed by atoms with van der Waals surface area (Å²) in [5.41, 5.74) is 5.27. The minimum Gasteiger partial charge on any atom is -0.497 e. The van der Waals surface area contributed by atoms with Gasteiger partial charge in [0.15, 0.2) is 0 Å². The standard InChI is InChI=1S/C21H19N3O/c1-25-18-12-10-17(11-13-18)22-15-19-21(16-7-3-2-4-8-16)23-20-9-5-6-14-24(19)20/h2-14,22H,15H2,1H3. The van der Waals surface area contributed by atoms with Crippen molar-refractivity contribution in [3.05, 3.63) is 84.7 Å². The smallest absolute Gasteiger partial charge is 0.137 e. The van der Waals surface area contributed by atoms with Crippen molar-refractivity contribution in [2.45, 2.75) is 6.54 Å². The first-order valence-corrected chi connectivity index (χ1v) is 8.24. The molecule has 2 heterocycles. The molecule has 0 aliphatic heterocycles. The van der Waals surface area contributed by atoms with Crippen LogP contribution in [-0.2, 0) is 6.54 Å². The van der Waals surface area contributed by atoms with Gasteiger partial charge in [0.05, 0.1) is 25.0 Å². The molecule has 4 nitrogen and oxygen atoms in total. The summed E-state index contributed by atoms with van der Waals surface area (Å²) in [6, 6.07) is 24.3. The van der Waals surface area contributed by atoms with Crippen LogP contribution in [0.2, 0.25) is 0 Å². The number of fused-ring (bicyclic) bond motifs is 1. The van der Waals surface area contributed by atoms with E-state index in [0.29, 0.717) is 6.54 Å². The Morgan fingerprint density at radius 2 is 1.68 bits per heavy atom. The van der Waals surface area contributed by atoms with Gasteiger partial charge in [0.2, 0.25) is 0 Å². The van der Waals surface area contributed by atoms with Gasteiger partial charge in [0, 0.05) is 17.4 Å². The molecule has 4 aromatic rings. The minimum atomic E-state index is 0.682. The lowest BCUT2D eigenvalue weighted by molar-refractivity contribution is 0.415. The van der Waals surface area contributed by atoms with Crippen LogP contribution in [0.25, 0.3) is 16.9 Å². The fourth-order valence-corrected chi connectivity index (χ4v) is 2.94. The molecule has 2 aromatic carbocycles. The number of hydrogen-bond acceptors (Lipinski definition) is 3. The number of hydrogen-bond donors (Lipinski definition) is 1. The Hall–Kier alpha value is -3.27. The van der Waals surface area contributed by atoms with Crippen LogP contribution in [0.15, 0.2) is 79.0 Å². The lowest BCUT2D eigenvalue weighted by Crippen LogP contribution is -2.04. The SMILES string of the molecule is COc1ccc(NCc2c(-c3ccccc3)nc3ccccn23)cc1. The van der Waals surface area contributed by atoms with Crippen molar-refractivity contribution >= 4 is 11.3 Å². The second kappa shape index (κ2) is 6.69. The number of imidazole rings is 1. The summed E-state index contributed by atoms with van der Waals surface area (Å²) in [4.78, 5) is 4.83. The van der Waals surface area contributed by atoms with E-state index >= 15 is 0 Å². The molecule has 25 heavy (non-hydrogen) atoms. The fourth-order valence-electron chi connectivity index (χ4n) is 2.94. The number of methoxy groups -OCH3 is 1. The number of aromatic nitrogens is 2. The van der Waals surface area contributed by atoms with Crippen molar-refractivity contribution in [2.24, 2.45) is 0 Å². The second-order valence-electron chi connectivity index (χ2n) is 5.78. The van der Waals surface area contributed by atoms with Crippen LogP contribution < -0.4 is 10.1 Å². The summed E-state index contributed by atoms with van der Waals surface area (Å²) in [5, 5.41) is 3.48. The van der Waals surface area contributed by atoms with E-state index in [0.717, 1.165) is 34.0 Å². The molecule has 0 saturated carbocycles. The highest BCUT2D eigenvalue weighted by Crippen LogP contribution is 2.25. The molecule has 0 spiro atoms. The number of nitrogens with one attached hydrogen (secondary N) is 1. The third-order valence-corrected chi connectivity index (χ3v) is 4.23. The highest BCUT2D eigenvalue weighted by Gasteiger charge is 2.13. The molecule has 0 aliphatic carbocycles. The molecule has 0 saturated heterocycles. The van der Waals surface area contributed by atoms with E-state index in [9.17, 15) is 0 Å². The van der Waals surface area contributed by atoms with E-state index in [2.05, 4.69) is 28.0 Å². The Kier molecular flexibility index (Phi) is 4.09. The van der Waals surface area contributed by atoms with Crippen molar-refractivity contribution in [1.29, 1.82) is 0 Å². The molecule has 124 valence electrons. The third kappa shape index (κ3) is 3.06. The van der Waals surface area contributed by atoms with Crippen LogP contribution >= 0.6 is 0 Å². The molecule has 4 rings (SSSR count). The van der Waals surface area contributed by atoms with Crippen LogP contribution in [0.1, 0.15) is 5.69 Å². The first-order chi connectivity index (χ1) is 12.3. The Labute approximate surface area is 146 Å². The summed E-state index contributed by atoms with van der Waals surface area (Å²) in [5.74, 6) is 0.852. The number of rotatable bonds is 5. The molecule has 0 aliphatic rings. The van der Waals surface area contributed by atoms with Crippen LogP contribution in [0, 0.1) is 0 Å². The van der Waals surface area contributed by atoms with Crippen LogP contribution in [0.3, 0.4) is 0 Å². The summed E-state index contributed by atoms with van der Waals surface area (Å²) < 4.78 is 7.35. The lowest BCUT2D eigenvalue weighted by atomic mass is 10.1. The maximum Gasteiger partial charge on any atom is 0.137 e. The van der Waals surface area contributed by atoms with Gasteiger partial charge < -0.3 is 14.5 Å². The average molecular weight is 329 g/mol. The number of benzene rings is 2. The van der Waals surface area contributed by atoms with Crippen molar-refractivity contribution in [1.82, 2.24) is 9.38 Å². The van der Waals surface area contributed by atoms with Crippen LogP contribution in [-0.4, -0.2) is 16.5 Å². The van der Waals surface area contributed by atoms with Gasteiger partial charge in [-0.25, -0.2) is 4.98 Å².